The fraction of sp³-hybridized carbons (Fsp3) is 0.467. The molecule has 0 amide bonds. The van der Waals surface area contributed by atoms with Crippen LogP contribution in [0.15, 0.2) is 16.7 Å². The number of rotatable bonds is 3. The highest BCUT2D eigenvalue weighted by Crippen LogP contribution is 2.39. The summed E-state index contributed by atoms with van der Waals surface area (Å²) in [6.07, 6.45) is 4.39. The third-order valence-electron chi connectivity index (χ3n) is 4.25. The van der Waals surface area contributed by atoms with Crippen LogP contribution in [0.3, 0.4) is 0 Å². The first-order chi connectivity index (χ1) is 10.1. The number of benzene rings is 1. The molecule has 1 aliphatic rings. The zero-order valence-corrected chi connectivity index (χ0v) is 11.8. The van der Waals surface area contributed by atoms with Gasteiger partial charge in [-0.15, -0.1) is 0 Å². The second-order valence-corrected chi connectivity index (χ2v) is 5.60. The van der Waals surface area contributed by atoms with Crippen LogP contribution in [0.25, 0.3) is 11.5 Å². The number of nitrogens with zero attached hydrogens (tertiary/aromatic N) is 2. The number of halogens is 2. The van der Waals surface area contributed by atoms with Crippen LogP contribution in [-0.4, -0.2) is 10.1 Å². The molecule has 0 spiro atoms. The maximum Gasteiger partial charge on any atom is 0.260 e. The molecule has 1 heterocycles. The minimum Gasteiger partial charge on any atom is -0.398 e. The summed E-state index contributed by atoms with van der Waals surface area (Å²) >= 11 is 0. The molecule has 6 heteroatoms. The Morgan fingerprint density at radius 1 is 1.29 bits per heavy atom. The summed E-state index contributed by atoms with van der Waals surface area (Å²) < 4.78 is 31.6. The van der Waals surface area contributed by atoms with Crippen molar-refractivity contribution in [2.45, 2.75) is 38.5 Å². The minimum absolute atomic E-state index is 0.0851. The molecule has 3 rings (SSSR count). The van der Waals surface area contributed by atoms with Gasteiger partial charge in [0.25, 0.3) is 5.89 Å². The SMILES string of the molecule is CCC1CCC(c2noc(-c3cc(F)c(F)cc3N)n2)C1. The van der Waals surface area contributed by atoms with Crippen molar-refractivity contribution in [2.24, 2.45) is 5.92 Å². The van der Waals surface area contributed by atoms with Crippen molar-refractivity contribution < 1.29 is 13.3 Å². The highest BCUT2D eigenvalue weighted by atomic mass is 19.2. The van der Waals surface area contributed by atoms with Crippen molar-refractivity contribution in [3.05, 3.63) is 29.6 Å². The number of hydrogen-bond donors (Lipinski definition) is 1. The summed E-state index contributed by atoms with van der Waals surface area (Å²) in [5.41, 5.74) is 6.01. The molecule has 21 heavy (non-hydrogen) atoms. The second kappa shape index (κ2) is 5.42. The molecule has 1 saturated carbocycles. The summed E-state index contributed by atoms with van der Waals surface area (Å²) in [6.45, 7) is 2.18. The highest BCUT2D eigenvalue weighted by Gasteiger charge is 2.28. The van der Waals surface area contributed by atoms with Gasteiger partial charge in [-0.3, -0.25) is 0 Å². The first-order valence-corrected chi connectivity index (χ1v) is 7.17. The molecule has 4 nitrogen and oxygen atoms in total. The van der Waals surface area contributed by atoms with Gasteiger partial charge in [0.15, 0.2) is 17.5 Å². The van der Waals surface area contributed by atoms with Crippen molar-refractivity contribution in [1.29, 1.82) is 0 Å². The lowest BCUT2D eigenvalue weighted by molar-refractivity contribution is 0.413. The monoisotopic (exact) mass is 293 g/mol. The molecule has 0 aliphatic heterocycles. The molecule has 112 valence electrons. The molecular formula is C15H17F2N3O. The summed E-state index contributed by atoms with van der Waals surface area (Å²) in [4.78, 5) is 4.32. The van der Waals surface area contributed by atoms with Crippen LogP contribution in [0.1, 0.15) is 44.3 Å². The van der Waals surface area contributed by atoms with E-state index in [-0.39, 0.29) is 23.1 Å². The van der Waals surface area contributed by atoms with Gasteiger partial charge in [-0.2, -0.15) is 4.98 Å². The van der Waals surface area contributed by atoms with Gasteiger partial charge >= 0.3 is 0 Å². The van der Waals surface area contributed by atoms with Gasteiger partial charge < -0.3 is 10.3 Å². The van der Waals surface area contributed by atoms with Crippen LogP contribution in [0.4, 0.5) is 14.5 Å². The van der Waals surface area contributed by atoms with Crippen LogP contribution < -0.4 is 5.73 Å². The largest absolute Gasteiger partial charge is 0.398 e. The molecule has 2 N–H and O–H groups in total. The third kappa shape index (κ3) is 2.62. The molecule has 2 aromatic rings. The fourth-order valence-corrected chi connectivity index (χ4v) is 2.94. The predicted molar refractivity (Wildman–Crippen MR) is 74.4 cm³/mol. The lowest BCUT2D eigenvalue weighted by Crippen LogP contribution is -1.98. The smallest absolute Gasteiger partial charge is 0.260 e. The number of aromatic nitrogens is 2. The number of hydrogen-bond acceptors (Lipinski definition) is 4. The molecule has 1 aromatic carbocycles. The zero-order chi connectivity index (χ0) is 15.0. The van der Waals surface area contributed by atoms with Crippen LogP contribution in [0.5, 0.6) is 0 Å². The maximum absolute atomic E-state index is 13.3. The van der Waals surface area contributed by atoms with Crippen molar-refractivity contribution in [2.75, 3.05) is 5.73 Å². The summed E-state index contributed by atoms with van der Waals surface area (Å²) in [5.74, 6) is -0.223. The van der Waals surface area contributed by atoms with Crippen LogP contribution in [0, 0.1) is 17.6 Å². The number of anilines is 1. The van der Waals surface area contributed by atoms with Crippen molar-refractivity contribution in [3.8, 4) is 11.5 Å². The first kappa shape index (κ1) is 14.0. The van der Waals surface area contributed by atoms with E-state index in [0.29, 0.717) is 11.7 Å². The highest BCUT2D eigenvalue weighted by molar-refractivity contribution is 5.70. The summed E-state index contributed by atoms with van der Waals surface area (Å²) in [7, 11) is 0. The molecule has 1 fully saturated rings. The van der Waals surface area contributed by atoms with E-state index in [1.807, 2.05) is 0 Å². The molecule has 1 aliphatic carbocycles. The quantitative estimate of drug-likeness (QED) is 0.872. The van der Waals surface area contributed by atoms with Gasteiger partial charge in [0.05, 0.1) is 5.56 Å². The van der Waals surface area contributed by atoms with Crippen LogP contribution in [0.2, 0.25) is 0 Å². The van der Waals surface area contributed by atoms with Crippen molar-refractivity contribution in [3.63, 3.8) is 0 Å². The number of nitrogens with two attached hydrogens (primary N) is 1. The minimum atomic E-state index is -0.988. The average molecular weight is 293 g/mol. The molecular weight excluding hydrogens is 276 g/mol. The van der Waals surface area contributed by atoms with Crippen molar-refractivity contribution in [1.82, 2.24) is 10.1 Å². The van der Waals surface area contributed by atoms with E-state index in [1.165, 1.54) is 6.42 Å². The fourth-order valence-electron chi connectivity index (χ4n) is 2.94. The molecule has 0 saturated heterocycles. The van der Waals surface area contributed by atoms with Crippen LogP contribution in [-0.2, 0) is 0 Å². The Morgan fingerprint density at radius 3 is 2.76 bits per heavy atom. The van der Waals surface area contributed by atoms with E-state index < -0.39 is 11.6 Å². The molecule has 2 atom stereocenters. The summed E-state index contributed by atoms with van der Waals surface area (Å²) in [6, 6.07) is 1.92. The van der Waals surface area contributed by atoms with Gasteiger partial charge in [-0.25, -0.2) is 8.78 Å². The van der Waals surface area contributed by atoms with Gasteiger partial charge in [-0.05, 0) is 31.2 Å². The van der Waals surface area contributed by atoms with Gasteiger partial charge in [0.1, 0.15) is 0 Å². The van der Waals surface area contributed by atoms with Crippen LogP contribution >= 0.6 is 0 Å². The Bertz CT molecular complexity index is 656. The Balaban J connectivity index is 1.87. The van der Waals surface area contributed by atoms with E-state index >= 15 is 0 Å². The Kier molecular flexibility index (Phi) is 3.61. The predicted octanol–water partition coefficient (Wildman–Crippen LogP) is 3.89. The Labute approximate surface area is 121 Å². The lowest BCUT2D eigenvalue weighted by atomic mass is 10.0. The van der Waals surface area contributed by atoms with Crippen molar-refractivity contribution >= 4 is 5.69 Å². The van der Waals surface area contributed by atoms with E-state index in [2.05, 4.69) is 17.1 Å². The average Bonchev–Trinajstić information content (AvgIpc) is 3.11. The topological polar surface area (TPSA) is 64.9 Å². The van der Waals surface area contributed by atoms with Gasteiger partial charge in [0.2, 0.25) is 0 Å². The Morgan fingerprint density at radius 2 is 2.05 bits per heavy atom. The van der Waals surface area contributed by atoms with Gasteiger partial charge in [-0.1, -0.05) is 18.5 Å². The zero-order valence-electron chi connectivity index (χ0n) is 11.8. The third-order valence-corrected chi connectivity index (χ3v) is 4.25. The Hall–Kier alpha value is -1.98. The molecule has 0 bridgehead atoms. The van der Waals surface area contributed by atoms with E-state index in [9.17, 15) is 8.78 Å². The van der Waals surface area contributed by atoms with E-state index in [0.717, 1.165) is 31.4 Å². The molecule has 0 radical (unpaired) electrons. The second-order valence-electron chi connectivity index (χ2n) is 5.60. The molecule has 1 aromatic heterocycles. The first-order valence-electron chi connectivity index (χ1n) is 7.17. The lowest BCUT2D eigenvalue weighted by Gasteiger charge is -2.04. The standard InChI is InChI=1S/C15H17F2N3O/c1-2-8-3-4-9(5-8)14-19-15(21-20-14)10-6-11(16)12(17)7-13(10)18/h6-9H,2-5,18H2,1H3. The molecule has 2 unspecified atom stereocenters. The van der Waals surface area contributed by atoms with Gasteiger partial charge in [0, 0.05) is 17.7 Å². The summed E-state index contributed by atoms with van der Waals surface area (Å²) in [5, 5.41) is 3.98. The van der Waals surface area contributed by atoms with E-state index in [1.54, 1.807) is 0 Å². The number of nitrogen functional groups attached to an aromatic ring is 1. The van der Waals surface area contributed by atoms with E-state index in [4.69, 9.17) is 10.3 Å². The maximum atomic E-state index is 13.3. The normalized spacial score (nSPS) is 21.9.